The zero-order valence-electron chi connectivity index (χ0n) is 14.3. The zero-order valence-corrected chi connectivity index (χ0v) is 14.3. The molecule has 0 saturated heterocycles. The first-order valence-corrected chi connectivity index (χ1v) is 8.40. The predicted molar refractivity (Wildman–Crippen MR) is 98.3 cm³/mol. The summed E-state index contributed by atoms with van der Waals surface area (Å²) in [6, 6.07) is 14.3. The summed E-state index contributed by atoms with van der Waals surface area (Å²) >= 11 is 0. The van der Waals surface area contributed by atoms with Crippen LogP contribution >= 0.6 is 0 Å². The molecule has 1 atom stereocenters. The smallest absolute Gasteiger partial charge is 0.157 e. The van der Waals surface area contributed by atoms with E-state index in [2.05, 4.69) is 34.6 Å². The zero-order chi connectivity index (χ0) is 17.2. The maximum absolute atomic E-state index is 4.72. The Hall–Kier alpha value is -3.15. The second-order valence-electron chi connectivity index (χ2n) is 6.05. The summed E-state index contributed by atoms with van der Waals surface area (Å²) < 4.78 is 3.66. The van der Waals surface area contributed by atoms with E-state index in [9.17, 15) is 0 Å². The lowest BCUT2D eigenvalue weighted by Crippen LogP contribution is -2.13. The molecule has 4 aromatic rings. The molecular weight excluding hydrogens is 312 g/mol. The molecule has 0 fully saturated rings. The number of anilines is 1. The third kappa shape index (κ3) is 2.98. The van der Waals surface area contributed by atoms with Gasteiger partial charge in [0.05, 0.1) is 24.1 Å². The van der Waals surface area contributed by atoms with Crippen molar-refractivity contribution in [1.82, 2.24) is 24.4 Å². The summed E-state index contributed by atoms with van der Waals surface area (Å²) in [6.07, 6.45) is 6.66. The topological polar surface area (TPSA) is 60.0 Å². The lowest BCUT2D eigenvalue weighted by molar-refractivity contribution is 0.729. The van der Waals surface area contributed by atoms with Crippen molar-refractivity contribution in [2.75, 3.05) is 5.32 Å². The molecule has 0 unspecified atom stereocenters. The van der Waals surface area contributed by atoms with Crippen LogP contribution in [0.2, 0.25) is 0 Å². The van der Waals surface area contributed by atoms with E-state index in [0.29, 0.717) is 0 Å². The van der Waals surface area contributed by atoms with E-state index in [1.165, 1.54) is 0 Å². The van der Waals surface area contributed by atoms with Crippen LogP contribution in [0.4, 0.5) is 5.82 Å². The number of rotatable bonds is 5. The summed E-state index contributed by atoms with van der Waals surface area (Å²) in [5.41, 5.74) is 3.99. The standard InChI is InChI=1S/C19H20N6/c1-3-16(15-12-21-24(2)13-15)22-19-11-17(14-7-5-4-6-8-14)23-18-9-10-20-25(18)19/h4-13,16,22H,3H2,1-2H3/t16-/m1/s1. The van der Waals surface area contributed by atoms with Crippen LogP contribution in [0.5, 0.6) is 0 Å². The van der Waals surface area contributed by atoms with Gasteiger partial charge in [-0.1, -0.05) is 37.3 Å². The first-order chi connectivity index (χ1) is 12.2. The highest BCUT2D eigenvalue weighted by Gasteiger charge is 2.15. The molecule has 1 aromatic carbocycles. The molecule has 0 bridgehead atoms. The fraction of sp³-hybridized carbons (Fsp3) is 0.211. The van der Waals surface area contributed by atoms with Gasteiger partial charge in [-0.25, -0.2) is 4.98 Å². The van der Waals surface area contributed by atoms with Gasteiger partial charge < -0.3 is 5.32 Å². The van der Waals surface area contributed by atoms with Crippen molar-refractivity contribution in [3.63, 3.8) is 0 Å². The summed E-state index contributed by atoms with van der Waals surface area (Å²) in [7, 11) is 1.93. The molecule has 25 heavy (non-hydrogen) atoms. The van der Waals surface area contributed by atoms with Crippen LogP contribution in [0, 0.1) is 0 Å². The van der Waals surface area contributed by atoms with E-state index in [1.54, 1.807) is 6.20 Å². The number of hydrogen-bond acceptors (Lipinski definition) is 4. The molecule has 0 aliphatic carbocycles. The average molecular weight is 332 g/mol. The number of hydrogen-bond donors (Lipinski definition) is 1. The average Bonchev–Trinajstić information content (AvgIpc) is 3.29. The highest BCUT2D eigenvalue weighted by Crippen LogP contribution is 2.26. The number of benzene rings is 1. The minimum atomic E-state index is 0.159. The van der Waals surface area contributed by atoms with Gasteiger partial charge in [0.25, 0.3) is 0 Å². The highest BCUT2D eigenvalue weighted by molar-refractivity contribution is 5.66. The van der Waals surface area contributed by atoms with Gasteiger partial charge in [0.2, 0.25) is 0 Å². The normalized spacial score (nSPS) is 12.4. The van der Waals surface area contributed by atoms with E-state index >= 15 is 0 Å². The molecule has 3 aromatic heterocycles. The van der Waals surface area contributed by atoms with Crippen molar-refractivity contribution in [1.29, 1.82) is 0 Å². The van der Waals surface area contributed by atoms with Crippen molar-refractivity contribution < 1.29 is 0 Å². The second kappa shape index (κ2) is 6.39. The van der Waals surface area contributed by atoms with Gasteiger partial charge in [0, 0.05) is 36.5 Å². The lowest BCUT2D eigenvalue weighted by Gasteiger charge is -2.18. The van der Waals surface area contributed by atoms with Gasteiger partial charge in [0.1, 0.15) is 5.82 Å². The van der Waals surface area contributed by atoms with Crippen LogP contribution < -0.4 is 5.32 Å². The molecule has 0 radical (unpaired) electrons. The molecule has 126 valence electrons. The van der Waals surface area contributed by atoms with Crippen molar-refractivity contribution >= 4 is 11.5 Å². The fourth-order valence-corrected chi connectivity index (χ4v) is 2.99. The third-order valence-electron chi connectivity index (χ3n) is 4.29. The van der Waals surface area contributed by atoms with Gasteiger partial charge in [-0.2, -0.15) is 14.7 Å². The SMILES string of the molecule is CC[C@@H](Nc1cc(-c2ccccc2)nc2ccnn12)c1cnn(C)c1. The Bertz CT molecular complexity index is 986. The van der Waals surface area contributed by atoms with Gasteiger partial charge >= 0.3 is 0 Å². The van der Waals surface area contributed by atoms with Gasteiger partial charge in [0.15, 0.2) is 5.65 Å². The number of nitrogens with one attached hydrogen (secondary N) is 1. The van der Waals surface area contributed by atoms with Crippen molar-refractivity contribution in [2.45, 2.75) is 19.4 Å². The Balaban J connectivity index is 1.76. The molecule has 3 heterocycles. The fourth-order valence-electron chi connectivity index (χ4n) is 2.99. The minimum absolute atomic E-state index is 0.159. The van der Waals surface area contributed by atoms with Gasteiger partial charge in [-0.15, -0.1) is 0 Å². The Morgan fingerprint density at radius 3 is 2.68 bits per heavy atom. The van der Waals surface area contributed by atoms with E-state index < -0.39 is 0 Å². The van der Waals surface area contributed by atoms with Crippen LogP contribution in [0.15, 0.2) is 61.1 Å². The molecule has 1 N–H and O–H groups in total. The minimum Gasteiger partial charge on any atom is -0.363 e. The summed E-state index contributed by atoms with van der Waals surface area (Å²) in [4.78, 5) is 4.72. The first-order valence-electron chi connectivity index (χ1n) is 8.40. The van der Waals surface area contributed by atoms with Crippen LogP contribution in [-0.2, 0) is 7.05 Å². The monoisotopic (exact) mass is 332 g/mol. The van der Waals surface area contributed by atoms with Gasteiger partial charge in [-0.05, 0) is 6.42 Å². The molecule has 6 nitrogen and oxygen atoms in total. The molecule has 0 amide bonds. The maximum atomic E-state index is 4.72. The maximum Gasteiger partial charge on any atom is 0.157 e. The predicted octanol–water partition coefficient (Wildman–Crippen LogP) is 3.69. The largest absolute Gasteiger partial charge is 0.363 e. The molecule has 0 saturated carbocycles. The van der Waals surface area contributed by atoms with Crippen molar-refractivity contribution in [3.8, 4) is 11.3 Å². The van der Waals surface area contributed by atoms with Crippen LogP contribution in [-0.4, -0.2) is 24.4 Å². The second-order valence-corrected chi connectivity index (χ2v) is 6.05. The molecular formula is C19H20N6. The summed E-state index contributed by atoms with van der Waals surface area (Å²) in [5.74, 6) is 0.921. The number of aryl methyl sites for hydroxylation is 1. The van der Waals surface area contributed by atoms with E-state index in [4.69, 9.17) is 4.98 Å². The van der Waals surface area contributed by atoms with Crippen LogP contribution in [0.3, 0.4) is 0 Å². The van der Waals surface area contributed by atoms with E-state index in [1.807, 2.05) is 59.0 Å². The van der Waals surface area contributed by atoms with E-state index in [-0.39, 0.29) is 6.04 Å². The molecule has 0 aliphatic rings. The third-order valence-corrected chi connectivity index (χ3v) is 4.29. The van der Waals surface area contributed by atoms with E-state index in [0.717, 1.165) is 34.7 Å². The molecule has 0 spiro atoms. The Morgan fingerprint density at radius 2 is 1.96 bits per heavy atom. The van der Waals surface area contributed by atoms with Crippen LogP contribution in [0.25, 0.3) is 16.9 Å². The Labute approximate surface area is 146 Å². The summed E-state index contributed by atoms with van der Waals surface area (Å²) in [5, 5.41) is 12.3. The molecule has 0 aliphatic heterocycles. The lowest BCUT2D eigenvalue weighted by atomic mass is 10.1. The Kier molecular flexibility index (Phi) is 3.93. The van der Waals surface area contributed by atoms with Crippen LogP contribution in [0.1, 0.15) is 24.9 Å². The number of nitrogens with zero attached hydrogens (tertiary/aromatic N) is 5. The molecule has 6 heteroatoms. The quantitative estimate of drug-likeness (QED) is 0.605. The van der Waals surface area contributed by atoms with Gasteiger partial charge in [-0.3, -0.25) is 4.68 Å². The first kappa shape index (κ1) is 15.4. The van der Waals surface area contributed by atoms with Crippen molar-refractivity contribution in [3.05, 3.63) is 66.6 Å². The molecule has 4 rings (SSSR count). The Morgan fingerprint density at radius 1 is 1.12 bits per heavy atom. The summed E-state index contributed by atoms with van der Waals surface area (Å²) in [6.45, 7) is 2.16. The number of aromatic nitrogens is 5. The van der Waals surface area contributed by atoms with Crippen molar-refractivity contribution in [2.24, 2.45) is 7.05 Å². The number of fused-ring (bicyclic) bond motifs is 1. The highest BCUT2D eigenvalue weighted by atomic mass is 15.3.